The number of nitrogens with one attached hydrogen (secondary N) is 2. The van der Waals surface area contributed by atoms with Crippen molar-refractivity contribution in [2.45, 2.75) is 19.5 Å². The van der Waals surface area contributed by atoms with Crippen molar-refractivity contribution >= 4 is 21.7 Å². The van der Waals surface area contributed by atoms with Crippen molar-refractivity contribution in [2.24, 2.45) is 5.14 Å². The number of alkyl halides is 1. The fourth-order valence-corrected chi connectivity index (χ4v) is 2.78. The number of nitrogens with two attached hydrogens (primary N) is 1. The molecule has 158 valence electrons. The van der Waals surface area contributed by atoms with Crippen LogP contribution >= 0.6 is 0 Å². The molecule has 0 saturated carbocycles. The summed E-state index contributed by atoms with van der Waals surface area (Å²) in [5, 5.41) is 18.7. The number of hydrogen-bond acceptors (Lipinski definition) is 9. The Bertz CT molecular complexity index is 1250. The molecular formula is C16H16FN7O5S. The zero-order chi connectivity index (χ0) is 21.7. The Labute approximate surface area is 169 Å². The van der Waals surface area contributed by atoms with Crippen LogP contribution in [0.3, 0.4) is 0 Å². The van der Waals surface area contributed by atoms with Gasteiger partial charge >= 0.3 is 5.76 Å². The van der Waals surface area contributed by atoms with Crippen LogP contribution in [0.5, 0.6) is 0 Å². The molecule has 0 aliphatic heterocycles. The summed E-state index contributed by atoms with van der Waals surface area (Å²) in [7, 11) is -3.84. The second-order valence-electron chi connectivity index (χ2n) is 5.96. The summed E-state index contributed by atoms with van der Waals surface area (Å²) in [6.07, 6.45) is 1.61. The average Bonchev–Trinajstić information content (AvgIpc) is 3.29. The summed E-state index contributed by atoms with van der Waals surface area (Å²) in [6.45, 7) is 1.60. The lowest BCUT2D eigenvalue weighted by Gasteiger charge is -2.06. The predicted octanol–water partition coefficient (Wildman–Crippen LogP) is -0.221. The van der Waals surface area contributed by atoms with E-state index in [1.807, 2.05) is 0 Å². The minimum absolute atomic E-state index is 0.0317. The number of anilines is 1. The Balaban J connectivity index is 1.91. The van der Waals surface area contributed by atoms with Gasteiger partial charge in [-0.25, -0.2) is 28.2 Å². The van der Waals surface area contributed by atoms with Crippen molar-refractivity contribution in [1.82, 2.24) is 24.8 Å². The van der Waals surface area contributed by atoms with Gasteiger partial charge in [0.15, 0.2) is 11.9 Å². The Morgan fingerprint density at radius 3 is 2.93 bits per heavy atom. The fraction of sp³-hybridized carbons (Fsp3) is 0.312. The fourth-order valence-electron chi connectivity index (χ4n) is 2.39. The minimum atomic E-state index is -3.84. The Hall–Kier alpha value is -3.50. The highest BCUT2D eigenvalue weighted by atomic mass is 32.2. The first-order valence-corrected chi connectivity index (χ1v) is 10.00. The highest BCUT2D eigenvalue weighted by Crippen LogP contribution is 2.25. The molecule has 1 aliphatic rings. The number of rotatable bonds is 7. The summed E-state index contributed by atoms with van der Waals surface area (Å²) in [5.41, 5.74) is 3.46. The molecule has 0 amide bonds. The SMILES string of the molecule is CC1=C=CC/C(n2c(-c3nonc3NCCNS(N)(=O)=O)noc2=O)=C\C#CC1F. The van der Waals surface area contributed by atoms with E-state index in [4.69, 9.17) is 14.3 Å². The van der Waals surface area contributed by atoms with E-state index in [1.165, 1.54) is 6.08 Å². The predicted molar refractivity (Wildman–Crippen MR) is 102 cm³/mol. The smallest absolute Gasteiger partial charge is 0.364 e. The summed E-state index contributed by atoms with van der Waals surface area (Å²) >= 11 is 0. The lowest BCUT2D eigenvalue weighted by atomic mass is 10.2. The maximum Gasteiger partial charge on any atom is 0.446 e. The molecular weight excluding hydrogens is 421 g/mol. The summed E-state index contributed by atoms with van der Waals surface area (Å²) < 4.78 is 48.2. The van der Waals surface area contributed by atoms with Gasteiger partial charge in [0.05, 0.1) is 0 Å². The monoisotopic (exact) mass is 437 g/mol. The van der Waals surface area contributed by atoms with Gasteiger partial charge in [-0.1, -0.05) is 17.0 Å². The molecule has 2 heterocycles. The van der Waals surface area contributed by atoms with Crippen molar-refractivity contribution < 1.29 is 22.0 Å². The third-order valence-corrected chi connectivity index (χ3v) is 4.39. The Kier molecular flexibility index (Phi) is 6.28. The summed E-state index contributed by atoms with van der Waals surface area (Å²) in [5.74, 6) is 4.18. The third kappa shape index (κ3) is 5.10. The maximum absolute atomic E-state index is 13.8. The average molecular weight is 437 g/mol. The highest BCUT2D eigenvalue weighted by molar-refractivity contribution is 7.87. The van der Waals surface area contributed by atoms with E-state index in [0.717, 1.165) is 4.57 Å². The van der Waals surface area contributed by atoms with E-state index in [2.05, 4.69) is 43.1 Å². The number of halogens is 1. The van der Waals surface area contributed by atoms with E-state index in [9.17, 15) is 17.6 Å². The van der Waals surface area contributed by atoms with Gasteiger partial charge in [-0.2, -0.15) is 8.42 Å². The van der Waals surface area contributed by atoms with Crippen molar-refractivity contribution in [3.05, 3.63) is 34.0 Å². The van der Waals surface area contributed by atoms with E-state index in [-0.39, 0.29) is 36.8 Å². The van der Waals surface area contributed by atoms with Crippen LogP contribution in [0.15, 0.2) is 37.4 Å². The Morgan fingerprint density at radius 1 is 1.37 bits per heavy atom. The van der Waals surface area contributed by atoms with Crippen LogP contribution in [0, 0.1) is 11.8 Å². The third-order valence-electron chi connectivity index (χ3n) is 3.78. The lowest BCUT2D eigenvalue weighted by Crippen LogP contribution is -2.34. The van der Waals surface area contributed by atoms with Crippen LogP contribution in [-0.2, 0) is 10.2 Å². The standard InChI is InChI=1S/C16H16FN7O5S/c1-10-4-2-5-11(6-3-7-12(10)17)24-15(23-28-16(24)25)13-14(22-29-21-13)19-8-9-20-30(18,26)27/h2,6,12,20H,5,8-9H2,1H3,(H,19,22)(H2,18,26,27)/b11-6+. The van der Waals surface area contributed by atoms with Crippen molar-refractivity contribution in [1.29, 1.82) is 0 Å². The minimum Gasteiger partial charge on any atom is -0.364 e. The molecule has 3 rings (SSSR count). The van der Waals surface area contributed by atoms with E-state index >= 15 is 0 Å². The van der Waals surface area contributed by atoms with Gasteiger partial charge in [0.25, 0.3) is 10.2 Å². The van der Waals surface area contributed by atoms with Crippen molar-refractivity contribution in [3.63, 3.8) is 0 Å². The zero-order valence-electron chi connectivity index (χ0n) is 15.5. The second-order valence-corrected chi connectivity index (χ2v) is 7.34. The molecule has 0 spiro atoms. The van der Waals surface area contributed by atoms with Gasteiger partial charge in [-0.05, 0) is 23.3 Å². The molecule has 1 unspecified atom stereocenters. The first-order chi connectivity index (χ1) is 14.3. The molecule has 2 aromatic rings. The molecule has 1 atom stereocenters. The summed E-state index contributed by atoms with van der Waals surface area (Å²) in [6, 6.07) is 0. The van der Waals surface area contributed by atoms with Crippen LogP contribution in [0.25, 0.3) is 17.2 Å². The van der Waals surface area contributed by atoms with Crippen LogP contribution < -0.4 is 20.9 Å². The van der Waals surface area contributed by atoms with Gasteiger partial charge in [-0.3, -0.25) is 4.52 Å². The van der Waals surface area contributed by atoms with E-state index < -0.39 is 22.1 Å². The van der Waals surface area contributed by atoms with Crippen LogP contribution in [0.2, 0.25) is 0 Å². The Morgan fingerprint density at radius 2 is 2.17 bits per heavy atom. The molecule has 0 radical (unpaired) electrons. The maximum atomic E-state index is 13.8. The first kappa shape index (κ1) is 21.2. The first-order valence-electron chi connectivity index (χ1n) is 8.45. The topological polar surface area (TPSA) is 171 Å². The van der Waals surface area contributed by atoms with Crippen molar-refractivity contribution in [3.8, 4) is 23.4 Å². The zero-order valence-corrected chi connectivity index (χ0v) is 16.4. The molecule has 0 aromatic carbocycles. The van der Waals surface area contributed by atoms with Gasteiger partial charge in [0.2, 0.25) is 11.6 Å². The molecule has 2 aromatic heterocycles. The van der Waals surface area contributed by atoms with E-state index in [1.54, 1.807) is 13.0 Å². The van der Waals surface area contributed by atoms with Crippen molar-refractivity contribution in [2.75, 3.05) is 18.4 Å². The quantitative estimate of drug-likeness (QED) is 0.301. The van der Waals surface area contributed by atoms with Gasteiger partial charge < -0.3 is 5.32 Å². The number of nitrogens with zero attached hydrogens (tertiary/aromatic N) is 4. The lowest BCUT2D eigenvalue weighted by molar-refractivity contribution is 0.309. The van der Waals surface area contributed by atoms with Crippen LogP contribution in [0.1, 0.15) is 13.3 Å². The second kappa shape index (κ2) is 8.89. The summed E-state index contributed by atoms with van der Waals surface area (Å²) in [4.78, 5) is 12.3. The number of hydrogen-bond donors (Lipinski definition) is 3. The van der Waals surface area contributed by atoms with E-state index in [0.29, 0.717) is 11.3 Å². The molecule has 4 N–H and O–H groups in total. The molecule has 12 nitrogen and oxygen atoms in total. The molecule has 0 saturated heterocycles. The molecule has 1 aliphatic carbocycles. The van der Waals surface area contributed by atoms with Gasteiger partial charge in [0, 0.05) is 36.9 Å². The van der Waals surface area contributed by atoms with Gasteiger partial charge in [0.1, 0.15) is 0 Å². The molecule has 0 bridgehead atoms. The van der Waals surface area contributed by atoms with Crippen LogP contribution in [0.4, 0.5) is 10.2 Å². The number of aromatic nitrogens is 4. The van der Waals surface area contributed by atoms with Gasteiger partial charge in [-0.15, -0.1) is 5.73 Å². The highest BCUT2D eigenvalue weighted by Gasteiger charge is 2.23. The largest absolute Gasteiger partial charge is 0.446 e. The molecule has 0 fully saturated rings. The number of allylic oxidation sites excluding steroid dienone is 3. The molecule has 14 heteroatoms. The molecule has 30 heavy (non-hydrogen) atoms. The van der Waals surface area contributed by atoms with Crippen LogP contribution in [-0.4, -0.2) is 47.7 Å². The normalized spacial score (nSPS) is 18.3.